The largest absolute Gasteiger partial charge is 0.384 e. The molecular formula is C10H14IN3O. The van der Waals surface area contributed by atoms with Crippen molar-refractivity contribution in [2.75, 3.05) is 31.7 Å². The molecule has 1 saturated heterocycles. The third-order valence-electron chi connectivity index (χ3n) is 2.58. The minimum atomic E-state index is 0.623. The summed E-state index contributed by atoms with van der Waals surface area (Å²) in [4.78, 5) is 10.9. The summed E-state index contributed by atoms with van der Waals surface area (Å²) in [5.74, 6) is 1.46. The molecule has 0 aromatic carbocycles. The second-order valence-electron chi connectivity index (χ2n) is 3.76. The quantitative estimate of drug-likeness (QED) is 0.793. The monoisotopic (exact) mass is 319 g/mol. The first-order valence-corrected chi connectivity index (χ1v) is 6.09. The number of anilines is 1. The standard InChI is InChI=1S/C10H14IN3O/c1-15-7-8-2-3-14(6-8)10-12-4-9(11)5-13-10/h4-5,8H,2-3,6-7H2,1H3. The van der Waals surface area contributed by atoms with E-state index in [0.29, 0.717) is 5.92 Å². The van der Waals surface area contributed by atoms with Crippen molar-refractivity contribution in [2.45, 2.75) is 6.42 Å². The fraction of sp³-hybridized carbons (Fsp3) is 0.600. The maximum absolute atomic E-state index is 5.16. The molecule has 2 heterocycles. The minimum absolute atomic E-state index is 0.623. The zero-order chi connectivity index (χ0) is 10.7. The van der Waals surface area contributed by atoms with E-state index in [1.165, 1.54) is 6.42 Å². The topological polar surface area (TPSA) is 38.2 Å². The lowest BCUT2D eigenvalue weighted by molar-refractivity contribution is 0.161. The number of hydrogen-bond donors (Lipinski definition) is 0. The highest BCUT2D eigenvalue weighted by Crippen LogP contribution is 2.20. The lowest BCUT2D eigenvalue weighted by Gasteiger charge is -2.15. The molecule has 0 bridgehead atoms. The number of aromatic nitrogens is 2. The van der Waals surface area contributed by atoms with E-state index in [-0.39, 0.29) is 0 Å². The zero-order valence-corrected chi connectivity index (χ0v) is 10.8. The van der Waals surface area contributed by atoms with E-state index < -0.39 is 0 Å². The highest BCUT2D eigenvalue weighted by molar-refractivity contribution is 14.1. The molecule has 1 aromatic rings. The summed E-state index contributed by atoms with van der Waals surface area (Å²) in [6.45, 7) is 2.88. The van der Waals surface area contributed by atoms with Gasteiger partial charge in [-0.2, -0.15) is 0 Å². The molecule has 0 spiro atoms. The van der Waals surface area contributed by atoms with E-state index in [9.17, 15) is 0 Å². The Bertz CT molecular complexity index is 317. The van der Waals surface area contributed by atoms with Gasteiger partial charge in [0, 0.05) is 42.1 Å². The van der Waals surface area contributed by atoms with Gasteiger partial charge in [-0.15, -0.1) is 0 Å². The molecule has 2 rings (SSSR count). The number of nitrogens with zero attached hydrogens (tertiary/aromatic N) is 3. The van der Waals surface area contributed by atoms with E-state index in [1.54, 1.807) is 7.11 Å². The lowest BCUT2D eigenvalue weighted by atomic mass is 10.1. The van der Waals surface area contributed by atoms with Crippen LogP contribution in [0.5, 0.6) is 0 Å². The van der Waals surface area contributed by atoms with Gasteiger partial charge in [-0.1, -0.05) is 0 Å². The molecule has 5 heteroatoms. The zero-order valence-electron chi connectivity index (χ0n) is 8.69. The van der Waals surface area contributed by atoms with Gasteiger partial charge in [0.1, 0.15) is 0 Å². The number of ether oxygens (including phenoxy) is 1. The van der Waals surface area contributed by atoms with Crippen molar-refractivity contribution in [1.29, 1.82) is 0 Å². The fourth-order valence-corrected chi connectivity index (χ4v) is 2.13. The minimum Gasteiger partial charge on any atom is -0.384 e. The predicted molar refractivity (Wildman–Crippen MR) is 66.9 cm³/mol. The van der Waals surface area contributed by atoms with Crippen LogP contribution >= 0.6 is 22.6 Å². The summed E-state index contributed by atoms with van der Waals surface area (Å²) in [6.07, 6.45) is 4.88. The first-order chi connectivity index (χ1) is 7.29. The van der Waals surface area contributed by atoms with E-state index in [1.807, 2.05) is 12.4 Å². The molecule has 15 heavy (non-hydrogen) atoms. The molecule has 0 N–H and O–H groups in total. The van der Waals surface area contributed by atoms with Crippen LogP contribution in [0.15, 0.2) is 12.4 Å². The Morgan fingerprint density at radius 1 is 1.53 bits per heavy atom. The van der Waals surface area contributed by atoms with Gasteiger partial charge in [-0.25, -0.2) is 9.97 Å². The van der Waals surface area contributed by atoms with Crippen molar-refractivity contribution in [2.24, 2.45) is 5.92 Å². The molecule has 0 aliphatic carbocycles. The van der Waals surface area contributed by atoms with Crippen LogP contribution in [0.4, 0.5) is 5.95 Å². The van der Waals surface area contributed by atoms with Crippen LogP contribution in [-0.2, 0) is 4.74 Å². The summed E-state index contributed by atoms with van der Waals surface area (Å²) in [5.41, 5.74) is 0. The van der Waals surface area contributed by atoms with Crippen molar-refractivity contribution in [3.05, 3.63) is 16.0 Å². The first kappa shape index (κ1) is 11.1. The SMILES string of the molecule is COCC1CCN(c2ncc(I)cn2)C1. The van der Waals surface area contributed by atoms with E-state index >= 15 is 0 Å². The Labute approximate surface area is 103 Å². The lowest BCUT2D eigenvalue weighted by Crippen LogP contribution is -2.23. The van der Waals surface area contributed by atoms with Gasteiger partial charge in [0.25, 0.3) is 0 Å². The van der Waals surface area contributed by atoms with E-state index in [4.69, 9.17) is 4.74 Å². The van der Waals surface area contributed by atoms with Crippen molar-refractivity contribution in [1.82, 2.24) is 9.97 Å². The molecule has 1 atom stereocenters. The van der Waals surface area contributed by atoms with Crippen LogP contribution in [-0.4, -0.2) is 36.8 Å². The van der Waals surface area contributed by atoms with Gasteiger partial charge < -0.3 is 9.64 Å². The number of halogens is 1. The molecule has 82 valence electrons. The van der Waals surface area contributed by atoms with Crippen LogP contribution in [0.2, 0.25) is 0 Å². The molecule has 1 fully saturated rings. The maximum atomic E-state index is 5.16. The van der Waals surface area contributed by atoms with Gasteiger partial charge in [-0.05, 0) is 29.0 Å². The fourth-order valence-electron chi connectivity index (χ4n) is 1.85. The molecule has 0 amide bonds. The molecule has 4 nitrogen and oxygen atoms in total. The summed E-state index contributed by atoms with van der Waals surface area (Å²) in [7, 11) is 1.75. The van der Waals surface area contributed by atoms with Gasteiger partial charge >= 0.3 is 0 Å². The maximum Gasteiger partial charge on any atom is 0.225 e. The molecule has 1 aliphatic rings. The molecule has 0 radical (unpaired) electrons. The predicted octanol–water partition coefficient (Wildman–Crippen LogP) is 1.55. The Hall–Kier alpha value is -0.430. The normalized spacial score (nSPS) is 20.9. The number of rotatable bonds is 3. The third kappa shape index (κ3) is 2.78. The van der Waals surface area contributed by atoms with Crippen LogP contribution in [0.1, 0.15) is 6.42 Å². The highest BCUT2D eigenvalue weighted by atomic mass is 127. The molecule has 0 saturated carbocycles. The van der Waals surface area contributed by atoms with Crippen LogP contribution in [0, 0.1) is 9.49 Å². The average Bonchev–Trinajstić information content (AvgIpc) is 2.68. The summed E-state index contributed by atoms with van der Waals surface area (Å²) in [5, 5.41) is 0. The van der Waals surface area contributed by atoms with Crippen molar-refractivity contribution >= 4 is 28.5 Å². The van der Waals surface area contributed by atoms with E-state index in [0.717, 1.165) is 29.2 Å². The van der Waals surface area contributed by atoms with Gasteiger partial charge in [-0.3, -0.25) is 0 Å². The van der Waals surface area contributed by atoms with Gasteiger partial charge in [0.05, 0.1) is 6.61 Å². The molecule has 1 aliphatic heterocycles. The second-order valence-corrected chi connectivity index (χ2v) is 5.00. The number of hydrogen-bond acceptors (Lipinski definition) is 4. The summed E-state index contributed by atoms with van der Waals surface area (Å²) < 4.78 is 6.23. The Morgan fingerprint density at radius 3 is 2.93 bits per heavy atom. The summed E-state index contributed by atoms with van der Waals surface area (Å²) in [6, 6.07) is 0. The Balaban J connectivity index is 1.98. The van der Waals surface area contributed by atoms with Crippen molar-refractivity contribution < 1.29 is 4.74 Å². The van der Waals surface area contributed by atoms with Gasteiger partial charge in [0.2, 0.25) is 5.95 Å². The van der Waals surface area contributed by atoms with Gasteiger partial charge in [0.15, 0.2) is 0 Å². The Kier molecular flexibility index (Phi) is 3.74. The van der Waals surface area contributed by atoms with Crippen LogP contribution < -0.4 is 4.90 Å². The van der Waals surface area contributed by atoms with Crippen molar-refractivity contribution in [3.8, 4) is 0 Å². The average molecular weight is 319 g/mol. The number of methoxy groups -OCH3 is 1. The smallest absolute Gasteiger partial charge is 0.225 e. The Morgan fingerprint density at radius 2 is 2.27 bits per heavy atom. The third-order valence-corrected chi connectivity index (χ3v) is 3.13. The van der Waals surface area contributed by atoms with Crippen molar-refractivity contribution in [3.63, 3.8) is 0 Å². The molecule has 1 unspecified atom stereocenters. The van der Waals surface area contributed by atoms with Crippen LogP contribution in [0.3, 0.4) is 0 Å². The van der Waals surface area contributed by atoms with E-state index in [2.05, 4.69) is 37.5 Å². The van der Waals surface area contributed by atoms with Crippen LogP contribution in [0.25, 0.3) is 0 Å². The summed E-state index contributed by atoms with van der Waals surface area (Å²) >= 11 is 2.21. The molecule has 1 aromatic heterocycles. The second kappa shape index (κ2) is 5.07. The first-order valence-electron chi connectivity index (χ1n) is 5.01. The molecular weight excluding hydrogens is 305 g/mol. The highest BCUT2D eigenvalue weighted by Gasteiger charge is 2.23.